The van der Waals surface area contributed by atoms with E-state index < -0.39 is 0 Å². The minimum atomic E-state index is -0.312. The molecule has 84 valence electrons. The highest BCUT2D eigenvalue weighted by Gasteiger charge is 2.18. The van der Waals surface area contributed by atoms with Crippen LogP contribution in [-0.4, -0.2) is 23.0 Å². The van der Waals surface area contributed by atoms with Gasteiger partial charge in [0.1, 0.15) is 5.69 Å². The molecule has 0 fully saturated rings. The fraction of sp³-hybridized carbons (Fsp3) is 0.250. The summed E-state index contributed by atoms with van der Waals surface area (Å²) in [5.74, 6) is -0.289. The maximum absolute atomic E-state index is 11.5. The van der Waals surface area contributed by atoms with E-state index in [1.54, 1.807) is 0 Å². The minimum Gasteiger partial charge on any atom is -0.505 e. The molecular formula is C12H14N2O2. The topological polar surface area (TPSA) is 65.1 Å². The zero-order valence-corrected chi connectivity index (χ0v) is 9.51. The number of H-pyrrole nitrogens is 1. The molecule has 0 saturated carbocycles. The van der Waals surface area contributed by atoms with Crippen LogP contribution in [0.1, 0.15) is 21.6 Å². The second-order valence-corrected chi connectivity index (χ2v) is 3.88. The highest BCUT2D eigenvalue weighted by atomic mass is 16.3. The van der Waals surface area contributed by atoms with Gasteiger partial charge >= 0.3 is 0 Å². The molecule has 1 heterocycles. The van der Waals surface area contributed by atoms with E-state index in [9.17, 15) is 9.90 Å². The summed E-state index contributed by atoms with van der Waals surface area (Å²) in [6.07, 6.45) is 0. The van der Waals surface area contributed by atoms with Crippen LogP contribution in [0.4, 0.5) is 0 Å². The molecule has 3 N–H and O–H groups in total. The molecule has 0 aliphatic carbocycles. The van der Waals surface area contributed by atoms with E-state index in [2.05, 4.69) is 10.3 Å². The van der Waals surface area contributed by atoms with Crippen LogP contribution in [-0.2, 0) is 0 Å². The fourth-order valence-corrected chi connectivity index (χ4v) is 1.88. The Morgan fingerprint density at radius 2 is 1.94 bits per heavy atom. The normalized spacial score (nSPS) is 10.7. The van der Waals surface area contributed by atoms with E-state index >= 15 is 0 Å². The molecule has 1 aromatic heterocycles. The number of hydrogen-bond acceptors (Lipinski definition) is 2. The first-order valence-corrected chi connectivity index (χ1v) is 5.09. The zero-order chi connectivity index (χ0) is 11.9. The van der Waals surface area contributed by atoms with Gasteiger partial charge in [0.15, 0.2) is 5.75 Å². The Balaban J connectivity index is 2.82. The highest BCUT2D eigenvalue weighted by Crippen LogP contribution is 2.33. The van der Waals surface area contributed by atoms with Gasteiger partial charge in [-0.2, -0.15) is 0 Å². The van der Waals surface area contributed by atoms with Crippen LogP contribution in [0.15, 0.2) is 12.1 Å². The number of aryl methyl sites for hydroxylation is 2. The predicted octanol–water partition coefficient (Wildman–Crippen LogP) is 1.85. The van der Waals surface area contributed by atoms with Crippen LogP contribution in [0.25, 0.3) is 10.9 Å². The summed E-state index contributed by atoms with van der Waals surface area (Å²) in [4.78, 5) is 14.5. The molecule has 1 aromatic carbocycles. The number of nitrogens with one attached hydrogen (secondary N) is 2. The van der Waals surface area contributed by atoms with Crippen molar-refractivity contribution < 1.29 is 9.90 Å². The van der Waals surface area contributed by atoms with Gasteiger partial charge in [-0.1, -0.05) is 12.1 Å². The summed E-state index contributed by atoms with van der Waals surface area (Å²) < 4.78 is 0. The molecule has 4 nitrogen and oxygen atoms in total. The molecule has 1 amide bonds. The summed E-state index contributed by atoms with van der Waals surface area (Å²) >= 11 is 0. The molecule has 0 radical (unpaired) electrons. The van der Waals surface area contributed by atoms with Crippen molar-refractivity contribution in [3.63, 3.8) is 0 Å². The van der Waals surface area contributed by atoms with E-state index in [4.69, 9.17) is 0 Å². The Labute approximate surface area is 93.3 Å². The molecule has 0 spiro atoms. The lowest BCUT2D eigenvalue weighted by Crippen LogP contribution is -2.18. The predicted molar refractivity (Wildman–Crippen MR) is 62.8 cm³/mol. The molecule has 0 unspecified atom stereocenters. The molecule has 4 heteroatoms. The number of aromatic hydroxyl groups is 1. The number of carbonyl (C=O) groups excluding carboxylic acids is 1. The van der Waals surface area contributed by atoms with Crippen LogP contribution in [0.2, 0.25) is 0 Å². The first-order chi connectivity index (χ1) is 7.56. The van der Waals surface area contributed by atoms with Crippen molar-refractivity contribution in [2.75, 3.05) is 7.05 Å². The maximum atomic E-state index is 11.5. The number of aromatic amines is 1. The first kappa shape index (κ1) is 10.5. The summed E-state index contributed by atoms with van der Waals surface area (Å²) in [7, 11) is 1.53. The molecule has 16 heavy (non-hydrogen) atoms. The Morgan fingerprint density at radius 1 is 1.31 bits per heavy atom. The van der Waals surface area contributed by atoms with Crippen LogP contribution < -0.4 is 5.32 Å². The third kappa shape index (κ3) is 1.34. The highest BCUT2D eigenvalue weighted by molar-refractivity contribution is 6.04. The lowest BCUT2D eigenvalue weighted by molar-refractivity contribution is 0.0956. The number of carbonyl (C=O) groups is 1. The second kappa shape index (κ2) is 3.56. The lowest BCUT2D eigenvalue weighted by Gasteiger charge is -1.99. The van der Waals surface area contributed by atoms with Gasteiger partial charge in [-0.05, 0) is 25.0 Å². The summed E-state index contributed by atoms with van der Waals surface area (Å²) in [5.41, 5.74) is 2.99. The van der Waals surface area contributed by atoms with Gasteiger partial charge in [0.05, 0.1) is 5.52 Å². The largest absolute Gasteiger partial charge is 0.505 e. The molecule has 0 aliphatic heterocycles. The SMILES string of the molecule is CNC(=O)c1[nH]c2c(C)ccc(C)c2c1O. The van der Waals surface area contributed by atoms with Crippen molar-refractivity contribution in [2.45, 2.75) is 13.8 Å². The van der Waals surface area contributed by atoms with Crippen molar-refractivity contribution in [3.8, 4) is 5.75 Å². The number of aromatic nitrogens is 1. The number of benzene rings is 1. The number of rotatable bonds is 1. The first-order valence-electron chi connectivity index (χ1n) is 5.09. The zero-order valence-electron chi connectivity index (χ0n) is 9.51. The van der Waals surface area contributed by atoms with Gasteiger partial charge in [0.25, 0.3) is 5.91 Å². The average molecular weight is 218 g/mol. The van der Waals surface area contributed by atoms with Crippen molar-refractivity contribution in [3.05, 3.63) is 29.0 Å². The number of hydrogen-bond donors (Lipinski definition) is 3. The monoisotopic (exact) mass is 218 g/mol. The second-order valence-electron chi connectivity index (χ2n) is 3.88. The van der Waals surface area contributed by atoms with Crippen molar-refractivity contribution in [1.29, 1.82) is 0 Å². The standard InChI is InChI=1S/C12H14N2O2/c1-6-4-5-7(2)9-8(6)11(15)10(14-9)12(16)13-3/h4-5,14-15H,1-3H3,(H,13,16). The van der Waals surface area contributed by atoms with Gasteiger partial charge in [-0.3, -0.25) is 4.79 Å². The van der Waals surface area contributed by atoms with E-state index in [1.807, 2.05) is 26.0 Å². The Kier molecular flexibility index (Phi) is 2.34. The molecule has 0 atom stereocenters. The molecular weight excluding hydrogens is 204 g/mol. The van der Waals surface area contributed by atoms with Gasteiger partial charge in [0, 0.05) is 12.4 Å². The summed E-state index contributed by atoms with van der Waals surface area (Å²) in [6, 6.07) is 3.89. The Hall–Kier alpha value is -1.97. The molecule has 0 aliphatic rings. The molecule has 0 bridgehead atoms. The van der Waals surface area contributed by atoms with Crippen LogP contribution in [0, 0.1) is 13.8 Å². The van der Waals surface area contributed by atoms with Crippen molar-refractivity contribution in [1.82, 2.24) is 10.3 Å². The molecule has 0 saturated heterocycles. The van der Waals surface area contributed by atoms with Crippen LogP contribution in [0.3, 0.4) is 0 Å². The number of amides is 1. The fourth-order valence-electron chi connectivity index (χ4n) is 1.88. The van der Waals surface area contributed by atoms with E-state index in [1.165, 1.54) is 7.05 Å². The Bertz CT molecular complexity index is 570. The van der Waals surface area contributed by atoms with Gasteiger partial charge in [-0.25, -0.2) is 0 Å². The molecule has 2 rings (SSSR count). The smallest absolute Gasteiger partial charge is 0.271 e. The van der Waals surface area contributed by atoms with Gasteiger partial charge < -0.3 is 15.4 Å². The van der Waals surface area contributed by atoms with E-state index in [0.717, 1.165) is 22.0 Å². The van der Waals surface area contributed by atoms with Crippen molar-refractivity contribution in [2.24, 2.45) is 0 Å². The van der Waals surface area contributed by atoms with Gasteiger partial charge in [0.2, 0.25) is 0 Å². The quantitative estimate of drug-likeness (QED) is 0.684. The van der Waals surface area contributed by atoms with E-state index in [-0.39, 0.29) is 17.4 Å². The lowest BCUT2D eigenvalue weighted by atomic mass is 10.1. The number of fused-ring (bicyclic) bond motifs is 1. The van der Waals surface area contributed by atoms with Crippen molar-refractivity contribution >= 4 is 16.8 Å². The average Bonchev–Trinajstić information content (AvgIpc) is 2.62. The summed E-state index contributed by atoms with van der Waals surface area (Å²) in [5, 5.41) is 13.2. The minimum absolute atomic E-state index is 0.0237. The van der Waals surface area contributed by atoms with Crippen LogP contribution >= 0.6 is 0 Å². The summed E-state index contributed by atoms with van der Waals surface area (Å²) in [6.45, 7) is 3.84. The maximum Gasteiger partial charge on any atom is 0.271 e. The van der Waals surface area contributed by atoms with Gasteiger partial charge in [-0.15, -0.1) is 0 Å². The van der Waals surface area contributed by atoms with Crippen LogP contribution in [0.5, 0.6) is 5.75 Å². The third-order valence-electron chi connectivity index (χ3n) is 2.80. The van der Waals surface area contributed by atoms with E-state index in [0.29, 0.717) is 0 Å². The Morgan fingerprint density at radius 3 is 2.50 bits per heavy atom. The molecule has 2 aromatic rings. The third-order valence-corrected chi connectivity index (χ3v) is 2.80.